The monoisotopic (exact) mass is 311 g/mol. The maximum absolute atomic E-state index is 12.2. The third-order valence-corrected chi connectivity index (χ3v) is 3.80. The van der Waals surface area contributed by atoms with Gasteiger partial charge < -0.3 is 10.2 Å². The summed E-state index contributed by atoms with van der Waals surface area (Å²) in [6.07, 6.45) is 0. The minimum Gasteiger partial charge on any atom is -0.326 e. The van der Waals surface area contributed by atoms with E-state index in [0.717, 1.165) is 11.4 Å². The summed E-state index contributed by atoms with van der Waals surface area (Å²) in [4.78, 5) is 24.9. The van der Waals surface area contributed by atoms with Crippen molar-refractivity contribution < 1.29 is 14.5 Å². The van der Waals surface area contributed by atoms with E-state index in [4.69, 9.17) is 0 Å². The van der Waals surface area contributed by atoms with Crippen molar-refractivity contribution in [2.45, 2.75) is 20.4 Å². The quantitative estimate of drug-likeness (QED) is 0.800. The van der Waals surface area contributed by atoms with Crippen LogP contribution in [0.1, 0.15) is 28.4 Å². The Bertz CT molecular complexity index is 710. The van der Waals surface area contributed by atoms with Gasteiger partial charge in [-0.25, -0.2) is 0 Å². The topological polar surface area (TPSA) is 50.6 Å². The molecule has 0 bridgehead atoms. The average molecular weight is 311 g/mol. The summed E-state index contributed by atoms with van der Waals surface area (Å²) in [5, 5.41) is 2.84. The molecule has 0 spiro atoms. The Morgan fingerprint density at radius 1 is 1.04 bits per heavy atom. The Morgan fingerprint density at radius 3 is 2.39 bits per heavy atom. The number of ketones is 1. The number of hydrogen-bond donors (Lipinski definition) is 2. The number of likely N-dealkylation sites (N-methyl/N-ethyl adjacent to an activating group) is 1. The van der Waals surface area contributed by atoms with Crippen molar-refractivity contribution in [2.75, 3.05) is 18.9 Å². The molecule has 2 aromatic carbocycles. The minimum atomic E-state index is -0.0928. The molecule has 23 heavy (non-hydrogen) atoms. The second-order valence-electron chi connectivity index (χ2n) is 5.89. The van der Waals surface area contributed by atoms with Crippen LogP contribution in [-0.2, 0) is 11.3 Å². The van der Waals surface area contributed by atoms with E-state index in [-0.39, 0.29) is 11.7 Å². The van der Waals surface area contributed by atoms with E-state index in [1.54, 1.807) is 18.2 Å². The van der Waals surface area contributed by atoms with Gasteiger partial charge in [0.15, 0.2) is 12.3 Å². The van der Waals surface area contributed by atoms with Crippen LogP contribution in [-0.4, -0.2) is 25.3 Å². The van der Waals surface area contributed by atoms with Crippen molar-refractivity contribution in [1.82, 2.24) is 0 Å². The number of aryl methyl sites for hydroxylation is 1. The van der Waals surface area contributed by atoms with Crippen molar-refractivity contribution >= 4 is 17.4 Å². The number of para-hydroxylation sites is 1. The van der Waals surface area contributed by atoms with Crippen molar-refractivity contribution in [1.29, 1.82) is 0 Å². The van der Waals surface area contributed by atoms with E-state index in [1.165, 1.54) is 18.1 Å². The molecule has 4 nitrogen and oxygen atoms in total. The number of Topliss-reactive ketones (excluding diaryl/α,β-unsaturated/α-hetero) is 1. The van der Waals surface area contributed by atoms with Crippen LogP contribution in [0.2, 0.25) is 0 Å². The lowest BCUT2D eigenvalue weighted by atomic mass is 10.1. The maximum atomic E-state index is 12.2. The molecule has 0 saturated heterocycles. The first kappa shape index (κ1) is 16.9. The van der Waals surface area contributed by atoms with E-state index >= 15 is 0 Å². The van der Waals surface area contributed by atoms with Gasteiger partial charge in [0.1, 0.15) is 6.54 Å². The fraction of sp³-hybridized carbons (Fsp3) is 0.263. The van der Waals surface area contributed by atoms with Crippen molar-refractivity contribution in [3.63, 3.8) is 0 Å². The summed E-state index contributed by atoms with van der Waals surface area (Å²) in [5.74, 6) is -0.147. The zero-order valence-corrected chi connectivity index (χ0v) is 13.8. The Morgan fingerprint density at radius 2 is 1.70 bits per heavy atom. The van der Waals surface area contributed by atoms with E-state index in [1.807, 2.05) is 25.2 Å². The van der Waals surface area contributed by atoms with Crippen LogP contribution < -0.4 is 10.2 Å². The van der Waals surface area contributed by atoms with E-state index < -0.39 is 0 Å². The molecule has 2 rings (SSSR count). The number of carbonyl (C=O) groups excluding carboxylic acids is 2. The van der Waals surface area contributed by atoms with Gasteiger partial charge in [-0.2, -0.15) is 0 Å². The van der Waals surface area contributed by atoms with Gasteiger partial charge in [-0.05, 0) is 31.5 Å². The lowest BCUT2D eigenvalue weighted by Crippen LogP contribution is -3.08. The largest absolute Gasteiger partial charge is 0.326 e. The highest BCUT2D eigenvalue weighted by Crippen LogP contribution is 2.15. The molecular weight excluding hydrogens is 288 g/mol. The Kier molecular flexibility index (Phi) is 5.66. The molecule has 1 amide bonds. The lowest BCUT2D eigenvalue weighted by Gasteiger charge is -2.16. The summed E-state index contributed by atoms with van der Waals surface area (Å²) < 4.78 is 0. The molecular formula is C19H23N2O2+. The van der Waals surface area contributed by atoms with Crippen LogP contribution in [0.5, 0.6) is 0 Å². The third-order valence-electron chi connectivity index (χ3n) is 3.80. The number of rotatable bonds is 6. The van der Waals surface area contributed by atoms with Gasteiger partial charge in [-0.1, -0.05) is 36.4 Å². The number of nitrogens with one attached hydrogen (secondary N) is 2. The third kappa shape index (κ3) is 4.76. The van der Waals surface area contributed by atoms with Crippen molar-refractivity contribution in [3.8, 4) is 0 Å². The normalized spacial score (nSPS) is 11.8. The molecule has 120 valence electrons. The molecule has 4 heteroatoms. The fourth-order valence-corrected chi connectivity index (χ4v) is 2.56. The molecule has 0 heterocycles. The number of amides is 1. The lowest BCUT2D eigenvalue weighted by molar-refractivity contribution is -0.885. The molecule has 0 fully saturated rings. The molecule has 2 aromatic rings. The van der Waals surface area contributed by atoms with Gasteiger partial charge >= 0.3 is 0 Å². The van der Waals surface area contributed by atoms with Crippen LogP contribution in [0, 0.1) is 6.92 Å². The predicted octanol–water partition coefficient (Wildman–Crippen LogP) is 1.85. The number of carbonyl (C=O) groups is 2. The highest BCUT2D eigenvalue weighted by molar-refractivity contribution is 6.03. The van der Waals surface area contributed by atoms with Gasteiger partial charge in [0, 0.05) is 11.1 Å². The first-order valence-corrected chi connectivity index (χ1v) is 7.73. The zero-order valence-electron chi connectivity index (χ0n) is 13.8. The number of anilines is 1. The highest BCUT2D eigenvalue weighted by atomic mass is 16.2. The predicted molar refractivity (Wildman–Crippen MR) is 91.7 cm³/mol. The molecule has 0 aromatic heterocycles. The first-order chi connectivity index (χ1) is 11.0. The maximum Gasteiger partial charge on any atom is 0.279 e. The first-order valence-electron chi connectivity index (χ1n) is 7.73. The Balaban J connectivity index is 1.97. The van der Waals surface area contributed by atoms with Crippen LogP contribution in [0.25, 0.3) is 0 Å². The molecule has 1 atom stereocenters. The van der Waals surface area contributed by atoms with E-state index in [0.29, 0.717) is 17.8 Å². The van der Waals surface area contributed by atoms with Crippen LogP contribution in [0.3, 0.4) is 0 Å². The molecule has 0 aliphatic rings. The van der Waals surface area contributed by atoms with Crippen LogP contribution in [0.15, 0.2) is 48.5 Å². The zero-order chi connectivity index (χ0) is 16.8. The molecule has 0 aliphatic heterocycles. The summed E-state index contributed by atoms with van der Waals surface area (Å²) in [6.45, 7) is 4.71. The van der Waals surface area contributed by atoms with Gasteiger partial charge in [0.25, 0.3) is 5.91 Å². The Labute approximate surface area is 137 Å². The second-order valence-corrected chi connectivity index (χ2v) is 5.89. The SMILES string of the molecule is CC(=O)c1ccccc1NC(=O)C[NH+](C)Cc1ccccc1C. The minimum absolute atomic E-state index is 0.0542. The molecule has 0 saturated carbocycles. The second kappa shape index (κ2) is 7.70. The van der Waals surface area contributed by atoms with Crippen molar-refractivity contribution in [2.24, 2.45) is 0 Å². The molecule has 2 N–H and O–H groups in total. The van der Waals surface area contributed by atoms with Gasteiger partial charge in [-0.3, -0.25) is 9.59 Å². The smallest absolute Gasteiger partial charge is 0.279 e. The summed E-state index contributed by atoms with van der Waals surface area (Å²) in [7, 11) is 1.99. The van der Waals surface area contributed by atoms with Gasteiger partial charge in [0.2, 0.25) is 0 Å². The van der Waals surface area contributed by atoms with Crippen molar-refractivity contribution in [3.05, 3.63) is 65.2 Å². The summed E-state index contributed by atoms with van der Waals surface area (Å²) in [5.41, 5.74) is 3.59. The highest BCUT2D eigenvalue weighted by Gasteiger charge is 2.14. The van der Waals surface area contributed by atoms with Gasteiger partial charge in [0.05, 0.1) is 12.7 Å². The fourth-order valence-electron chi connectivity index (χ4n) is 2.56. The Hall–Kier alpha value is -2.46. The van der Waals surface area contributed by atoms with E-state index in [9.17, 15) is 9.59 Å². The van der Waals surface area contributed by atoms with Crippen LogP contribution >= 0.6 is 0 Å². The van der Waals surface area contributed by atoms with Gasteiger partial charge in [-0.15, -0.1) is 0 Å². The standard InChI is InChI=1S/C19H22N2O2/c1-14-8-4-5-9-16(14)12-21(3)13-19(23)20-18-11-7-6-10-17(18)15(2)22/h4-11H,12-13H2,1-3H3,(H,20,23)/p+1. The molecule has 0 radical (unpaired) electrons. The number of hydrogen-bond acceptors (Lipinski definition) is 2. The summed E-state index contributed by atoms with van der Waals surface area (Å²) in [6, 6.07) is 15.3. The average Bonchev–Trinajstić information content (AvgIpc) is 2.49. The summed E-state index contributed by atoms with van der Waals surface area (Å²) >= 11 is 0. The molecule has 0 aliphatic carbocycles. The van der Waals surface area contributed by atoms with E-state index in [2.05, 4.69) is 24.4 Å². The van der Waals surface area contributed by atoms with Crippen LogP contribution in [0.4, 0.5) is 5.69 Å². The molecule has 1 unspecified atom stereocenters. The number of quaternary nitrogens is 1. The number of benzene rings is 2.